The highest BCUT2D eigenvalue weighted by Gasteiger charge is 2.18. The predicted octanol–water partition coefficient (Wildman–Crippen LogP) is 2.65. The van der Waals surface area contributed by atoms with E-state index in [1.54, 1.807) is 0 Å². The Morgan fingerprint density at radius 3 is 2.65 bits per heavy atom. The molecule has 20 heavy (non-hydrogen) atoms. The Labute approximate surface area is 119 Å². The van der Waals surface area contributed by atoms with Crippen LogP contribution in [0.5, 0.6) is 0 Å². The molecule has 0 amide bonds. The number of hydrogen-bond donors (Lipinski definition) is 1. The van der Waals surface area contributed by atoms with E-state index in [9.17, 15) is 10.1 Å². The van der Waals surface area contributed by atoms with E-state index in [0.717, 1.165) is 11.3 Å². The number of aromatic nitrogens is 1. The van der Waals surface area contributed by atoms with Crippen LogP contribution in [0.15, 0.2) is 6.07 Å². The molecule has 0 aromatic carbocycles. The standard InChI is InChI=1S/C15H21N3O2/c1-10(2)18(7-5-6-14(19)20)15-13(9-16)11(3)8-12(4)17-15/h8,10H,5-7H2,1-4H3,(H,19,20). The quantitative estimate of drug-likeness (QED) is 0.863. The number of aryl methyl sites for hydroxylation is 2. The van der Waals surface area contributed by atoms with Gasteiger partial charge in [-0.2, -0.15) is 5.26 Å². The van der Waals surface area contributed by atoms with Crippen LogP contribution in [0.2, 0.25) is 0 Å². The van der Waals surface area contributed by atoms with Crippen LogP contribution in [0.4, 0.5) is 5.82 Å². The highest BCUT2D eigenvalue weighted by molar-refractivity contribution is 5.66. The van der Waals surface area contributed by atoms with Crippen molar-refractivity contribution >= 4 is 11.8 Å². The van der Waals surface area contributed by atoms with Gasteiger partial charge in [-0.3, -0.25) is 4.79 Å². The lowest BCUT2D eigenvalue weighted by molar-refractivity contribution is -0.137. The molecule has 0 aliphatic carbocycles. The van der Waals surface area contributed by atoms with Crippen LogP contribution >= 0.6 is 0 Å². The van der Waals surface area contributed by atoms with Crippen molar-refractivity contribution in [2.75, 3.05) is 11.4 Å². The summed E-state index contributed by atoms with van der Waals surface area (Å²) in [6, 6.07) is 4.25. The Hall–Kier alpha value is -2.09. The van der Waals surface area contributed by atoms with E-state index in [1.807, 2.05) is 38.7 Å². The molecule has 0 saturated heterocycles. The van der Waals surface area contributed by atoms with Crippen molar-refractivity contribution in [3.8, 4) is 6.07 Å². The van der Waals surface area contributed by atoms with Gasteiger partial charge in [0.25, 0.3) is 0 Å². The lowest BCUT2D eigenvalue weighted by Crippen LogP contribution is -2.33. The molecule has 1 aromatic heterocycles. The highest BCUT2D eigenvalue weighted by atomic mass is 16.4. The van der Waals surface area contributed by atoms with Crippen molar-refractivity contribution < 1.29 is 9.90 Å². The summed E-state index contributed by atoms with van der Waals surface area (Å²) < 4.78 is 0. The molecule has 5 heteroatoms. The molecule has 0 unspecified atom stereocenters. The van der Waals surface area contributed by atoms with Gasteiger partial charge in [0.2, 0.25) is 0 Å². The minimum absolute atomic E-state index is 0.121. The van der Waals surface area contributed by atoms with E-state index in [4.69, 9.17) is 5.11 Å². The second kappa shape index (κ2) is 6.90. The van der Waals surface area contributed by atoms with Crippen LogP contribution in [0.25, 0.3) is 0 Å². The fraction of sp³-hybridized carbons (Fsp3) is 0.533. The normalized spacial score (nSPS) is 10.4. The molecule has 0 aliphatic heterocycles. The maximum atomic E-state index is 10.6. The maximum absolute atomic E-state index is 10.6. The number of carbonyl (C=O) groups is 1. The molecule has 1 heterocycles. The number of aliphatic carboxylic acids is 1. The van der Waals surface area contributed by atoms with Gasteiger partial charge < -0.3 is 10.0 Å². The van der Waals surface area contributed by atoms with Crippen molar-refractivity contribution in [2.45, 2.75) is 46.6 Å². The summed E-state index contributed by atoms with van der Waals surface area (Å²) in [5.74, 6) is -0.145. The van der Waals surface area contributed by atoms with Gasteiger partial charge in [-0.25, -0.2) is 4.98 Å². The number of rotatable bonds is 6. The van der Waals surface area contributed by atoms with Crippen LogP contribution in [-0.2, 0) is 4.79 Å². The molecular formula is C15H21N3O2. The van der Waals surface area contributed by atoms with Crippen LogP contribution in [0, 0.1) is 25.2 Å². The Morgan fingerprint density at radius 1 is 1.50 bits per heavy atom. The highest BCUT2D eigenvalue weighted by Crippen LogP contribution is 2.24. The van der Waals surface area contributed by atoms with E-state index < -0.39 is 5.97 Å². The molecule has 0 radical (unpaired) electrons. The summed E-state index contributed by atoms with van der Waals surface area (Å²) in [6.45, 7) is 8.40. The zero-order chi connectivity index (χ0) is 15.3. The number of nitrogens with zero attached hydrogens (tertiary/aromatic N) is 3. The third-order valence-electron chi connectivity index (χ3n) is 3.12. The Morgan fingerprint density at radius 2 is 2.15 bits per heavy atom. The average Bonchev–Trinajstić information content (AvgIpc) is 2.33. The monoisotopic (exact) mass is 275 g/mol. The maximum Gasteiger partial charge on any atom is 0.303 e. The first-order valence-corrected chi connectivity index (χ1v) is 6.73. The van der Waals surface area contributed by atoms with Gasteiger partial charge in [-0.15, -0.1) is 0 Å². The van der Waals surface area contributed by atoms with Gasteiger partial charge in [0.15, 0.2) is 0 Å². The number of pyridine rings is 1. The summed E-state index contributed by atoms with van der Waals surface area (Å²) in [5.41, 5.74) is 2.33. The smallest absolute Gasteiger partial charge is 0.303 e. The molecule has 5 nitrogen and oxygen atoms in total. The fourth-order valence-electron chi connectivity index (χ4n) is 2.17. The van der Waals surface area contributed by atoms with Crippen molar-refractivity contribution in [1.29, 1.82) is 5.26 Å². The second-order valence-electron chi connectivity index (χ2n) is 5.18. The zero-order valence-electron chi connectivity index (χ0n) is 12.5. The van der Waals surface area contributed by atoms with Gasteiger partial charge >= 0.3 is 5.97 Å². The molecular weight excluding hydrogens is 254 g/mol. The molecule has 1 N–H and O–H groups in total. The second-order valence-corrected chi connectivity index (χ2v) is 5.18. The summed E-state index contributed by atoms with van der Waals surface area (Å²) >= 11 is 0. The van der Waals surface area contributed by atoms with Gasteiger partial charge in [-0.1, -0.05) is 0 Å². The Balaban J connectivity index is 3.09. The fourth-order valence-corrected chi connectivity index (χ4v) is 2.17. The van der Waals surface area contributed by atoms with Gasteiger partial charge in [0, 0.05) is 24.7 Å². The average molecular weight is 275 g/mol. The molecule has 0 saturated carbocycles. The topological polar surface area (TPSA) is 77.2 Å². The van der Waals surface area contributed by atoms with Gasteiger partial charge in [0.1, 0.15) is 11.9 Å². The van der Waals surface area contributed by atoms with Crippen LogP contribution in [-0.4, -0.2) is 28.6 Å². The third-order valence-corrected chi connectivity index (χ3v) is 3.12. The van der Waals surface area contributed by atoms with Crippen molar-refractivity contribution in [2.24, 2.45) is 0 Å². The summed E-state index contributed by atoms with van der Waals surface area (Å²) in [7, 11) is 0. The van der Waals surface area contributed by atoms with Gasteiger partial charge in [-0.05, 0) is 45.7 Å². The zero-order valence-corrected chi connectivity index (χ0v) is 12.5. The van der Waals surface area contributed by atoms with E-state index >= 15 is 0 Å². The van der Waals surface area contributed by atoms with E-state index in [0.29, 0.717) is 24.3 Å². The molecule has 0 bridgehead atoms. The van der Waals surface area contributed by atoms with Crippen LogP contribution in [0.1, 0.15) is 43.5 Å². The lowest BCUT2D eigenvalue weighted by Gasteiger charge is -2.29. The first kappa shape index (κ1) is 16.0. The largest absolute Gasteiger partial charge is 0.481 e. The summed E-state index contributed by atoms with van der Waals surface area (Å²) in [6.07, 6.45) is 0.656. The van der Waals surface area contributed by atoms with Crippen molar-refractivity contribution in [1.82, 2.24) is 4.98 Å². The molecule has 0 spiro atoms. The minimum Gasteiger partial charge on any atom is -0.481 e. The first-order valence-electron chi connectivity index (χ1n) is 6.73. The molecule has 0 fully saturated rings. The number of nitriles is 1. The Bertz CT molecular complexity index is 533. The minimum atomic E-state index is -0.803. The van der Waals surface area contributed by atoms with E-state index in [2.05, 4.69) is 11.1 Å². The molecule has 0 aliphatic rings. The Kier molecular flexibility index (Phi) is 5.51. The van der Waals surface area contributed by atoms with Crippen LogP contribution < -0.4 is 4.90 Å². The molecule has 0 atom stereocenters. The third kappa shape index (κ3) is 3.95. The predicted molar refractivity (Wildman–Crippen MR) is 77.8 cm³/mol. The summed E-state index contributed by atoms with van der Waals surface area (Å²) in [4.78, 5) is 17.1. The SMILES string of the molecule is Cc1cc(C)c(C#N)c(N(CCCC(=O)O)C(C)C)n1. The first-order chi connectivity index (χ1) is 9.36. The summed E-state index contributed by atoms with van der Waals surface area (Å²) in [5, 5.41) is 18.1. The number of anilines is 1. The van der Waals surface area contributed by atoms with Crippen molar-refractivity contribution in [3.63, 3.8) is 0 Å². The number of carboxylic acids is 1. The molecule has 1 aromatic rings. The molecule has 1 rings (SSSR count). The van der Waals surface area contributed by atoms with E-state index in [-0.39, 0.29) is 12.5 Å². The molecule has 108 valence electrons. The number of carboxylic acid groups (broad SMARTS) is 1. The number of hydrogen-bond acceptors (Lipinski definition) is 4. The van der Waals surface area contributed by atoms with Crippen LogP contribution in [0.3, 0.4) is 0 Å². The van der Waals surface area contributed by atoms with Gasteiger partial charge in [0.05, 0.1) is 5.56 Å². The van der Waals surface area contributed by atoms with Crippen molar-refractivity contribution in [3.05, 3.63) is 22.9 Å². The lowest BCUT2D eigenvalue weighted by atomic mass is 10.1. The van der Waals surface area contributed by atoms with E-state index in [1.165, 1.54) is 0 Å².